The molecule has 19 heavy (non-hydrogen) atoms. The fraction of sp³-hybridized carbons (Fsp3) is 0.600. The van der Waals surface area contributed by atoms with Crippen LogP contribution >= 0.6 is 15.9 Å². The molecule has 0 aliphatic carbocycles. The second kappa shape index (κ2) is 9.21. The molecule has 0 heterocycles. The Bertz CT molecular complexity index is 383. The summed E-state index contributed by atoms with van der Waals surface area (Å²) in [5.74, 6) is 1.60. The van der Waals surface area contributed by atoms with Crippen LogP contribution in [0.15, 0.2) is 16.6 Å². The molecule has 0 saturated carbocycles. The smallest absolute Gasteiger partial charge is 0.175 e. The van der Waals surface area contributed by atoms with Crippen LogP contribution in [0.2, 0.25) is 0 Å². The van der Waals surface area contributed by atoms with E-state index in [0.717, 1.165) is 29.1 Å². The topological polar surface area (TPSA) is 30.5 Å². The van der Waals surface area contributed by atoms with E-state index in [1.807, 2.05) is 13.8 Å². The van der Waals surface area contributed by atoms with Gasteiger partial charge < -0.3 is 14.8 Å². The van der Waals surface area contributed by atoms with Crippen LogP contribution in [0, 0.1) is 0 Å². The van der Waals surface area contributed by atoms with Crippen molar-refractivity contribution in [1.29, 1.82) is 0 Å². The van der Waals surface area contributed by atoms with E-state index in [-0.39, 0.29) is 0 Å². The molecule has 0 unspecified atom stereocenters. The highest BCUT2D eigenvalue weighted by Crippen LogP contribution is 2.36. The largest absolute Gasteiger partial charge is 0.490 e. The van der Waals surface area contributed by atoms with Crippen LogP contribution in [-0.4, -0.2) is 19.8 Å². The number of rotatable bonds is 9. The first-order chi connectivity index (χ1) is 9.22. The summed E-state index contributed by atoms with van der Waals surface area (Å²) < 4.78 is 12.2. The molecule has 0 amide bonds. The van der Waals surface area contributed by atoms with Crippen molar-refractivity contribution >= 4 is 15.9 Å². The molecular weight excluding hydrogens is 306 g/mol. The van der Waals surface area contributed by atoms with Gasteiger partial charge in [-0.15, -0.1) is 0 Å². The molecular formula is C15H24BrNO2. The Morgan fingerprint density at radius 1 is 1.11 bits per heavy atom. The Morgan fingerprint density at radius 2 is 1.84 bits per heavy atom. The van der Waals surface area contributed by atoms with Crippen LogP contribution in [0.25, 0.3) is 0 Å². The predicted octanol–water partition coefficient (Wildman–Crippen LogP) is 4.14. The highest BCUT2D eigenvalue weighted by molar-refractivity contribution is 9.10. The molecule has 1 aromatic rings. The molecule has 0 atom stereocenters. The van der Waals surface area contributed by atoms with Crippen molar-refractivity contribution in [2.24, 2.45) is 0 Å². The number of nitrogens with one attached hydrogen (secondary N) is 1. The fourth-order valence-corrected chi connectivity index (χ4v) is 2.41. The summed E-state index contributed by atoms with van der Waals surface area (Å²) in [4.78, 5) is 0. The molecule has 4 heteroatoms. The number of hydrogen-bond donors (Lipinski definition) is 1. The third-order valence-electron chi connectivity index (χ3n) is 2.69. The van der Waals surface area contributed by atoms with Crippen LogP contribution < -0.4 is 14.8 Å². The number of ether oxygens (including phenoxy) is 2. The first kappa shape index (κ1) is 16.3. The highest BCUT2D eigenvalue weighted by atomic mass is 79.9. The average molecular weight is 330 g/mol. The fourth-order valence-electron chi connectivity index (χ4n) is 1.81. The molecule has 0 spiro atoms. The molecule has 0 saturated heterocycles. The molecule has 1 N–H and O–H groups in total. The second-order valence-electron chi connectivity index (χ2n) is 4.30. The summed E-state index contributed by atoms with van der Waals surface area (Å²) in [7, 11) is 0. The average Bonchev–Trinajstić information content (AvgIpc) is 2.39. The van der Waals surface area contributed by atoms with Crippen molar-refractivity contribution in [2.75, 3.05) is 19.8 Å². The van der Waals surface area contributed by atoms with Gasteiger partial charge in [0.05, 0.1) is 17.7 Å². The molecule has 0 aliphatic rings. The first-order valence-corrected chi connectivity index (χ1v) is 7.80. The second-order valence-corrected chi connectivity index (χ2v) is 5.16. The maximum absolute atomic E-state index is 5.66. The van der Waals surface area contributed by atoms with E-state index in [0.29, 0.717) is 13.2 Å². The van der Waals surface area contributed by atoms with Gasteiger partial charge in [0.15, 0.2) is 11.5 Å². The van der Waals surface area contributed by atoms with Gasteiger partial charge >= 0.3 is 0 Å². The lowest BCUT2D eigenvalue weighted by atomic mass is 10.2. The van der Waals surface area contributed by atoms with E-state index >= 15 is 0 Å². The van der Waals surface area contributed by atoms with Crippen molar-refractivity contribution in [3.8, 4) is 11.5 Å². The molecule has 1 aromatic carbocycles. The van der Waals surface area contributed by atoms with E-state index in [2.05, 4.69) is 40.3 Å². The standard InChI is InChI=1S/C15H24BrNO2/c1-4-7-8-17-11-12-9-13(16)15(19-6-3)14(10-12)18-5-2/h9-10,17H,4-8,11H2,1-3H3. The minimum Gasteiger partial charge on any atom is -0.490 e. The van der Waals surface area contributed by atoms with Crippen LogP contribution in [0.4, 0.5) is 0 Å². The third-order valence-corrected chi connectivity index (χ3v) is 3.28. The van der Waals surface area contributed by atoms with Crippen LogP contribution in [0.1, 0.15) is 39.2 Å². The molecule has 0 radical (unpaired) electrons. The maximum atomic E-state index is 5.66. The third kappa shape index (κ3) is 5.41. The maximum Gasteiger partial charge on any atom is 0.175 e. The normalized spacial score (nSPS) is 10.5. The molecule has 0 bridgehead atoms. The molecule has 0 aliphatic heterocycles. The van der Waals surface area contributed by atoms with Crippen LogP contribution in [0.3, 0.4) is 0 Å². The number of benzene rings is 1. The predicted molar refractivity (Wildman–Crippen MR) is 83.1 cm³/mol. The van der Waals surface area contributed by atoms with E-state index < -0.39 is 0 Å². The van der Waals surface area contributed by atoms with Gasteiger partial charge in [-0.3, -0.25) is 0 Å². The van der Waals surface area contributed by atoms with Crippen LogP contribution in [0.5, 0.6) is 11.5 Å². The zero-order valence-corrected chi connectivity index (χ0v) is 13.7. The SMILES string of the molecule is CCCCNCc1cc(Br)c(OCC)c(OCC)c1. The van der Waals surface area contributed by atoms with Gasteiger partial charge in [0, 0.05) is 6.54 Å². The number of hydrogen-bond acceptors (Lipinski definition) is 3. The van der Waals surface area contributed by atoms with Gasteiger partial charge in [0.25, 0.3) is 0 Å². The summed E-state index contributed by atoms with van der Waals surface area (Å²) in [6.45, 7) is 9.32. The molecule has 0 aromatic heterocycles. The van der Waals surface area contributed by atoms with E-state index in [1.54, 1.807) is 0 Å². The molecule has 0 fully saturated rings. The van der Waals surface area contributed by atoms with E-state index in [1.165, 1.54) is 18.4 Å². The summed E-state index contributed by atoms with van der Waals surface area (Å²) in [6.07, 6.45) is 2.42. The van der Waals surface area contributed by atoms with Gasteiger partial charge in [-0.1, -0.05) is 13.3 Å². The molecule has 3 nitrogen and oxygen atoms in total. The Kier molecular flexibility index (Phi) is 7.91. The Morgan fingerprint density at radius 3 is 2.47 bits per heavy atom. The summed E-state index contributed by atoms with van der Waals surface area (Å²) in [5.41, 5.74) is 1.20. The summed E-state index contributed by atoms with van der Waals surface area (Å²) in [6, 6.07) is 4.14. The summed E-state index contributed by atoms with van der Waals surface area (Å²) >= 11 is 3.56. The lowest BCUT2D eigenvalue weighted by Crippen LogP contribution is -2.14. The summed E-state index contributed by atoms with van der Waals surface area (Å²) in [5, 5.41) is 3.43. The molecule has 108 valence electrons. The first-order valence-electron chi connectivity index (χ1n) is 7.01. The van der Waals surface area contributed by atoms with Gasteiger partial charge in [0.2, 0.25) is 0 Å². The zero-order valence-electron chi connectivity index (χ0n) is 12.1. The van der Waals surface area contributed by atoms with E-state index in [9.17, 15) is 0 Å². The Labute approximate surface area is 124 Å². The quantitative estimate of drug-likeness (QED) is 0.691. The highest BCUT2D eigenvalue weighted by Gasteiger charge is 2.11. The van der Waals surface area contributed by atoms with Gasteiger partial charge in [0.1, 0.15) is 0 Å². The van der Waals surface area contributed by atoms with Crippen molar-refractivity contribution < 1.29 is 9.47 Å². The molecule has 1 rings (SSSR count). The van der Waals surface area contributed by atoms with Crippen molar-refractivity contribution in [3.05, 3.63) is 22.2 Å². The van der Waals surface area contributed by atoms with Crippen LogP contribution in [-0.2, 0) is 6.54 Å². The van der Waals surface area contributed by atoms with Crippen molar-refractivity contribution in [2.45, 2.75) is 40.2 Å². The lowest BCUT2D eigenvalue weighted by Gasteiger charge is -2.15. The zero-order chi connectivity index (χ0) is 14.1. The Balaban J connectivity index is 2.77. The minimum atomic E-state index is 0.632. The van der Waals surface area contributed by atoms with Gasteiger partial charge in [-0.25, -0.2) is 0 Å². The van der Waals surface area contributed by atoms with Crippen molar-refractivity contribution in [1.82, 2.24) is 5.32 Å². The minimum absolute atomic E-state index is 0.632. The number of unbranched alkanes of at least 4 members (excludes halogenated alkanes) is 1. The van der Waals surface area contributed by atoms with Gasteiger partial charge in [-0.2, -0.15) is 0 Å². The number of halogens is 1. The Hall–Kier alpha value is -0.740. The lowest BCUT2D eigenvalue weighted by molar-refractivity contribution is 0.286. The van der Waals surface area contributed by atoms with Crippen molar-refractivity contribution in [3.63, 3.8) is 0 Å². The van der Waals surface area contributed by atoms with E-state index in [4.69, 9.17) is 9.47 Å². The van der Waals surface area contributed by atoms with Gasteiger partial charge in [-0.05, 0) is 60.4 Å². The monoisotopic (exact) mass is 329 g/mol.